The molecule has 1 aliphatic heterocycles. The summed E-state index contributed by atoms with van der Waals surface area (Å²) in [5.74, 6) is -0.262. The highest BCUT2D eigenvalue weighted by Gasteiger charge is 2.41. The zero-order valence-corrected chi connectivity index (χ0v) is 20.9. The number of halogens is 4. The second-order valence-corrected chi connectivity index (χ2v) is 9.85. The monoisotopic (exact) mass is 499 g/mol. The van der Waals surface area contributed by atoms with Crippen LogP contribution in [0.4, 0.5) is 22.4 Å². The molecule has 1 amide bonds. The molecule has 0 aliphatic carbocycles. The second-order valence-electron chi connectivity index (χ2n) is 9.85. The standard InChI is InChI=1S/C29H29F4NO2/c1-16(2)25-14-20(7-9-26(25)30)24-8-6-17(3)10-22(24)15-34-19(5)27(36-28(34)35)21-11-18(4)12-23(13-21)29(31,32)33/h6-14,16,19,27H,15H2,1-5H3/t19-,27-/m0/s1. The van der Waals surface area contributed by atoms with Gasteiger partial charge in [-0.15, -0.1) is 0 Å². The highest BCUT2D eigenvalue weighted by Crippen LogP contribution is 2.39. The molecule has 0 radical (unpaired) electrons. The Balaban J connectivity index is 1.68. The van der Waals surface area contributed by atoms with Gasteiger partial charge in [0, 0.05) is 0 Å². The molecule has 3 aromatic carbocycles. The van der Waals surface area contributed by atoms with Gasteiger partial charge in [-0.2, -0.15) is 13.2 Å². The maximum absolute atomic E-state index is 14.3. The fraction of sp³-hybridized carbons (Fsp3) is 0.345. The molecule has 0 unspecified atom stereocenters. The number of hydrogen-bond donors (Lipinski definition) is 0. The molecule has 0 spiro atoms. The number of carbonyl (C=O) groups excluding carboxylic acids is 1. The molecule has 3 nitrogen and oxygen atoms in total. The van der Waals surface area contributed by atoms with Crippen LogP contribution in [0.3, 0.4) is 0 Å². The Labute approximate surface area is 208 Å². The molecule has 1 aliphatic rings. The molecule has 36 heavy (non-hydrogen) atoms. The Morgan fingerprint density at radius 2 is 1.69 bits per heavy atom. The van der Waals surface area contributed by atoms with Crippen molar-refractivity contribution in [3.63, 3.8) is 0 Å². The molecule has 3 aromatic rings. The SMILES string of the molecule is Cc1cc([C@H]2OC(=O)N(Cc3cc(C)ccc3-c3ccc(F)c(C(C)C)c3)[C@H]2C)cc(C(F)(F)F)c1. The first-order valence-electron chi connectivity index (χ1n) is 11.9. The van der Waals surface area contributed by atoms with E-state index in [0.717, 1.165) is 34.4 Å². The van der Waals surface area contributed by atoms with Crippen molar-refractivity contribution < 1.29 is 27.1 Å². The Bertz CT molecular complexity index is 1300. The Kier molecular flexibility index (Phi) is 6.86. The smallest absolute Gasteiger partial charge is 0.416 e. The van der Waals surface area contributed by atoms with Gasteiger partial charge in [0.1, 0.15) is 11.9 Å². The van der Waals surface area contributed by atoms with Crippen molar-refractivity contribution in [2.24, 2.45) is 0 Å². The number of nitrogens with zero attached hydrogens (tertiary/aromatic N) is 1. The number of alkyl halides is 3. The topological polar surface area (TPSA) is 29.5 Å². The van der Waals surface area contributed by atoms with E-state index in [1.54, 1.807) is 26.0 Å². The summed E-state index contributed by atoms with van der Waals surface area (Å²) in [4.78, 5) is 14.4. The molecule has 2 atom stereocenters. The number of hydrogen-bond acceptors (Lipinski definition) is 2. The fourth-order valence-electron chi connectivity index (χ4n) is 4.77. The molecule has 0 N–H and O–H groups in total. The first kappa shape index (κ1) is 25.7. The Morgan fingerprint density at radius 3 is 2.36 bits per heavy atom. The normalized spacial score (nSPS) is 18.2. The molecule has 1 saturated heterocycles. The fourth-order valence-corrected chi connectivity index (χ4v) is 4.77. The van der Waals surface area contributed by atoms with Gasteiger partial charge >= 0.3 is 12.3 Å². The third-order valence-corrected chi connectivity index (χ3v) is 6.68. The van der Waals surface area contributed by atoms with Gasteiger partial charge in [0.15, 0.2) is 0 Å². The third-order valence-electron chi connectivity index (χ3n) is 6.68. The molecule has 0 saturated carbocycles. The molecule has 1 heterocycles. The summed E-state index contributed by atoms with van der Waals surface area (Å²) in [6.45, 7) is 9.36. The van der Waals surface area contributed by atoms with E-state index in [4.69, 9.17) is 4.74 Å². The van der Waals surface area contributed by atoms with Crippen LogP contribution in [0.2, 0.25) is 0 Å². The van der Waals surface area contributed by atoms with Crippen LogP contribution in [0, 0.1) is 19.7 Å². The summed E-state index contributed by atoms with van der Waals surface area (Å²) >= 11 is 0. The number of amides is 1. The van der Waals surface area contributed by atoms with Crippen molar-refractivity contribution in [3.8, 4) is 11.1 Å². The Hall–Kier alpha value is -3.35. The first-order chi connectivity index (χ1) is 16.8. The highest BCUT2D eigenvalue weighted by atomic mass is 19.4. The van der Waals surface area contributed by atoms with Crippen LogP contribution in [0.15, 0.2) is 54.6 Å². The molecule has 4 rings (SSSR count). The maximum Gasteiger partial charge on any atom is 0.416 e. The number of aryl methyl sites for hydroxylation is 2. The highest BCUT2D eigenvalue weighted by molar-refractivity contribution is 5.73. The van der Waals surface area contributed by atoms with Crippen LogP contribution in [0.25, 0.3) is 11.1 Å². The lowest BCUT2D eigenvalue weighted by Gasteiger charge is -2.23. The van der Waals surface area contributed by atoms with Gasteiger partial charge in [0.05, 0.1) is 18.2 Å². The third kappa shape index (κ3) is 5.11. The van der Waals surface area contributed by atoms with E-state index in [9.17, 15) is 22.4 Å². The van der Waals surface area contributed by atoms with Gasteiger partial charge in [0.2, 0.25) is 0 Å². The van der Waals surface area contributed by atoms with Crippen molar-refractivity contribution in [2.75, 3.05) is 0 Å². The summed E-state index contributed by atoms with van der Waals surface area (Å²) in [5, 5.41) is 0. The van der Waals surface area contributed by atoms with Gasteiger partial charge in [0.25, 0.3) is 0 Å². The van der Waals surface area contributed by atoms with Crippen LogP contribution in [0.1, 0.15) is 66.2 Å². The molecular formula is C29H29F4NO2. The van der Waals surface area contributed by atoms with Crippen LogP contribution in [0.5, 0.6) is 0 Å². The molecule has 190 valence electrons. The van der Waals surface area contributed by atoms with Crippen LogP contribution in [-0.2, 0) is 17.5 Å². The Morgan fingerprint density at radius 1 is 0.972 bits per heavy atom. The van der Waals surface area contributed by atoms with Gasteiger partial charge in [-0.05, 0) is 78.8 Å². The maximum atomic E-state index is 14.3. The predicted molar refractivity (Wildman–Crippen MR) is 131 cm³/mol. The zero-order valence-electron chi connectivity index (χ0n) is 20.9. The lowest BCUT2D eigenvalue weighted by atomic mass is 9.93. The van der Waals surface area contributed by atoms with Crippen LogP contribution >= 0.6 is 0 Å². The van der Waals surface area contributed by atoms with E-state index in [1.165, 1.54) is 11.0 Å². The number of benzene rings is 3. The summed E-state index contributed by atoms with van der Waals surface area (Å²) in [5.41, 5.74) is 4.13. The molecular weight excluding hydrogens is 470 g/mol. The minimum atomic E-state index is -4.49. The quantitative estimate of drug-likeness (QED) is 0.330. The lowest BCUT2D eigenvalue weighted by Crippen LogP contribution is -2.31. The van der Waals surface area contributed by atoms with Crippen LogP contribution < -0.4 is 0 Å². The van der Waals surface area contributed by atoms with E-state index in [0.29, 0.717) is 16.7 Å². The summed E-state index contributed by atoms with van der Waals surface area (Å²) in [6, 6.07) is 14.1. The average Bonchev–Trinajstić information content (AvgIpc) is 3.07. The van der Waals surface area contributed by atoms with Crippen molar-refractivity contribution in [2.45, 2.75) is 65.4 Å². The summed E-state index contributed by atoms with van der Waals surface area (Å²) in [7, 11) is 0. The van der Waals surface area contributed by atoms with Crippen molar-refractivity contribution >= 4 is 6.09 Å². The minimum absolute atomic E-state index is 0.00380. The summed E-state index contributed by atoms with van der Waals surface area (Å²) < 4.78 is 60.0. The molecule has 1 fully saturated rings. The van der Waals surface area contributed by atoms with E-state index < -0.39 is 30.0 Å². The molecule has 7 heteroatoms. The number of rotatable bonds is 5. The van der Waals surface area contributed by atoms with E-state index in [1.807, 2.05) is 45.0 Å². The second kappa shape index (κ2) is 9.60. The van der Waals surface area contributed by atoms with Crippen molar-refractivity contribution in [1.29, 1.82) is 0 Å². The first-order valence-corrected chi connectivity index (χ1v) is 11.9. The molecule has 0 bridgehead atoms. The van der Waals surface area contributed by atoms with E-state index in [-0.39, 0.29) is 18.3 Å². The van der Waals surface area contributed by atoms with Crippen molar-refractivity contribution in [1.82, 2.24) is 4.90 Å². The van der Waals surface area contributed by atoms with Gasteiger partial charge < -0.3 is 4.74 Å². The van der Waals surface area contributed by atoms with Crippen LogP contribution in [-0.4, -0.2) is 17.0 Å². The largest absolute Gasteiger partial charge is 0.439 e. The molecule has 0 aromatic heterocycles. The van der Waals surface area contributed by atoms with Gasteiger partial charge in [-0.25, -0.2) is 9.18 Å². The van der Waals surface area contributed by atoms with Gasteiger partial charge in [-0.3, -0.25) is 4.90 Å². The number of carbonyl (C=O) groups is 1. The predicted octanol–water partition coefficient (Wildman–Crippen LogP) is 8.33. The van der Waals surface area contributed by atoms with E-state index >= 15 is 0 Å². The number of ether oxygens (including phenoxy) is 1. The minimum Gasteiger partial charge on any atom is -0.439 e. The van der Waals surface area contributed by atoms with Crippen molar-refractivity contribution in [3.05, 3.63) is 93.8 Å². The van der Waals surface area contributed by atoms with Gasteiger partial charge in [-0.1, -0.05) is 55.3 Å². The zero-order chi connectivity index (χ0) is 26.4. The summed E-state index contributed by atoms with van der Waals surface area (Å²) in [6.07, 6.45) is -5.91. The average molecular weight is 500 g/mol. The number of cyclic esters (lactones) is 1. The van der Waals surface area contributed by atoms with E-state index in [2.05, 4.69) is 0 Å². The lowest BCUT2D eigenvalue weighted by molar-refractivity contribution is -0.137.